The van der Waals surface area contributed by atoms with Crippen LogP contribution in [0.2, 0.25) is 0 Å². The fourth-order valence-corrected chi connectivity index (χ4v) is 1.30. The number of carbonyl (C=O) groups is 1. The second kappa shape index (κ2) is 6.58. The van der Waals surface area contributed by atoms with E-state index in [9.17, 15) is 9.18 Å². The van der Waals surface area contributed by atoms with Crippen LogP contribution in [0.15, 0.2) is 18.2 Å². The smallest absolute Gasteiger partial charge is 0.408 e. The van der Waals surface area contributed by atoms with Crippen LogP contribution < -0.4 is 5.32 Å². The molecule has 0 atom stereocenters. The van der Waals surface area contributed by atoms with Gasteiger partial charge in [0.1, 0.15) is 11.4 Å². The molecule has 0 aromatic heterocycles. The molecule has 4 nitrogen and oxygen atoms in total. The fourth-order valence-electron chi connectivity index (χ4n) is 1.30. The Morgan fingerprint density at radius 3 is 2.60 bits per heavy atom. The Labute approximate surface area is 117 Å². The number of carbonyl (C=O) groups excluding carboxylic acids is 1. The fraction of sp³-hybridized carbons (Fsp3) is 0.333. The SMILES string of the molecule is CC(C)(C)OC(=O)NCC#Cc1cc(F)cc(C#N)c1. The zero-order valence-corrected chi connectivity index (χ0v) is 11.6. The van der Waals surface area contributed by atoms with E-state index in [0.717, 1.165) is 6.07 Å². The first-order chi connectivity index (χ1) is 9.30. The number of nitrogens with one attached hydrogen (secondary N) is 1. The van der Waals surface area contributed by atoms with Crippen molar-refractivity contribution < 1.29 is 13.9 Å². The van der Waals surface area contributed by atoms with Crippen LogP contribution in [0.25, 0.3) is 0 Å². The minimum Gasteiger partial charge on any atom is -0.444 e. The molecular weight excluding hydrogens is 259 g/mol. The van der Waals surface area contributed by atoms with Gasteiger partial charge in [-0.25, -0.2) is 9.18 Å². The zero-order chi connectivity index (χ0) is 15.2. The Hall–Kier alpha value is -2.53. The maximum atomic E-state index is 13.1. The summed E-state index contributed by atoms with van der Waals surface area (Å²) < 4.78 is 18.2. The molecule has 104 valence electrons. The number of hydrogen-bond donors (Lipinski definition) is 1. The van der Waals surface area contributed by atoms with Crippen LogP contribution in [0.5, 0.6) is 0 Å². The topological polar surface area (TPSA) is 62.1 Å². The Balaban J connectivity index is 2.58. The highest BCUT2D eigenvalue weighted by molar-refractivity contribution is 5.68. The first kappa shape index (κ1) is 15.5. The molecule has 0 fully saturated rings. The Morgan fingerprint density at radius 2 is 2.00 bits per heavy atom. The van der Waals surface area contributed by atoms with Crippen molar-refractivity contribution in [3.8, 4) is 17.9 Å². The maximum absolute atomic E-state index is 13.1. The average Bonchev–Trinajstić information content (AvgIpc) is 2.32. The van der Waals surface area contributed by atoms with Crippen LogP contribution in [0, 0.1) is 29.0 Å². The lowest BCUT2D eigenvalue weighted by molar-refractivity contribution is 0.0535. The Morgan fingerprint density at radius 1 is 1.35 bits per heavy atom. The van der Waals surface area contributed by atoms with E-state index in [0.29, 0.717) is 5.56 Å². The van der Waals surface area contributed by atoms with Crippen LogP contribution in [0.4, 0.5) is 9.18 Å². The van der Waals surface area contributed by atoms with Crippen molar-refractivity contribution in [3.05, 3.63) is 35.1 Å². The second-order valence-corrected chi connectivity index (χ2v) is 5.00. The number of benzene rings is 1. The highest BCUT2D eigenvalue weighted by Gasteiger charge is 2.14. The lowest BCUT2D eigenvalue weighted by Crippen LogP contribution is -2.32. The van der Waals surface area contributed by atoms with Gasteiger partial charge in [0.15, 0.2) is 0 Å². The summed E-state index contributed by atoms with van der Waals surface area (Å²) in [5.74, 6) is 4.81. The van der Waals surface area contributed by atoms with Gasteiger partial charge < -0.3 is 10.1 Å². The van der Waals surface area contributed by atoms with Gasteiger partial charge in [-0.2, -0.15) is 5.26 Å². The molecule has 1 rings (SSSR count). The summed E-state index contributed by atoms with van der Waals surface area (Å²) in [5.41, 5.74) is 0.0174. The van der Waals surface area contributed by atoms with Crippen LogP contribution in [0.1, 0.15) is 31.9 Å². The molecule has 5 heteroatoms. The molecule has 1 N–H and O–H groups in total. The van der Waals surface area contributed by atoms with Gasteiger partial charge in [-0.3, -0.25) is 0 Å². The van der Waals surface area contributed by atoms with Gasteiger partial charge in [0.25, 0.3) is 0 Å². The lowest BCUT2D eigenvalue weighted by Gasteiger charge is -2.18. The summed E-state index contributed by atoms with van der Waals surface area (Å²) >= 11 is 0. The summed E-state index contributed by atoms with van der Waals surface area (Å²) in [6.45, 7) is 5.35. The molecule has 0 saturated carbocycles. The number of ether oxygens (including phenoxy) is 1. The van der Waals surface area contributed by atoms with Gasteiger partial charge in [-0.05, 0) is 39.0 Å². The molecule has 1 aromatic rings. The lowest BCUT2D eigenvalue weighted by atomic mass is 10.1. The van der Waals surface area contributed by atoms with Gasteiger partial charge in [0.05, 0.1) is 18.2 Å². The van der Waals surface area contributed by atoms with E-state index in [1.807, 2.05) is 6.07 Å². The van der Waals surface area contributed by atoms with E-state index in [4.69, 9.17) is 10.00 Å². The molecule has 20 heavy (non-hydrogen) atoms. The van der Waals surface area contributed by atoms with Gasteiger partial charge in [0.2, 0.25) is 0 Å². The summed E-state index contributed by atoms with van der Waals surface area (Å²) in [5, 5.41) is 11.2. The third-order valence-corrected chi connectivity index (χ3v) is 1.98. The van der Waals surface area contributed by atoms with Crippen LogP contribution in [0.3, 0.4) is 0 Å². The molecule has 0 spiro atoms. The van der Waals surface area contributed by atoms with Crippen molar-refractivity contribution in [1.82, 2.24) is 5.32 Å². The monoisotopic (exact) mass is 274 g/mol. The highest BCUT2D eigenvalue weighted by Crippen LogP contribution is 2.07. The summed E-state index contributed by atoms with van der Waals surface area (Å²) in [4.78, 5) is 11.3. The first-order valence-electron chi connectivity index (χ1n) is 5.96. The molecule has 0 unspecified atom stereocenters. The second-order valence-electron chi connectivity index (χ2n) is 5.00. The molecule has 0 aliphatic heterocycles. The highest BCUT2D eigenvalue weighted by atomic mass is 19.1. The predicted molar refractivity (Wildman–Crippen MR) is 72.2 cm³/mol. The largest absolute Gasteiger partial charge is 0.444 e. The van der Waals surface area contributed by atoms with E-state index < -0.39 is 17.5 Å². The number of nitriles is 1. The minimum atomic E-state index is -0.568. The number of nitrogens with zero attached hydrogens (tertiary/aromatic N) is 1. The maximum Gasteiger partial charge on any atom is 0.408 e. The predicted octanol–water partition coefficient (Wildman–Crippen LogP) is 2.57. The normalized spacial score (nSPS) is 9.95. The number of alkyl carbamates (subject to hydrolysis) is 1. The van der Waals surface area contributed by atoms with Crippen molar-refractivity contribution in [2.75, 3.05) is 6.54 Å². The van der Waals surface area contributed by atoms with Crippen LogP contribution in [-0.4, -0.2) is 18.2 Å². The first-order valence-corrected chi connectivity index (χ1v) is 5.96. The van der Waals surface area contributed by atoms with Gasteiger partial charge in [-0.15, -0.1) is 0 Å². The standard InChI is InChI=1S/C15H15FN2O2/c1-15(2,3)20-14(19)18-6-4-5-11-7-12(10-17)9-13(16)8-11/h7-9H,6H2,1-3H3,(H,18,19). The molecular formula is C15H15FN2O2. The molecule has 0 aliphatic rings. The van der Waals surface area contributed by atoms with Crippen LogP contribution in [-0.2, 0) is 4.74 Å². The number of hydrogen-bond acceptors (Lipinski definition) is 3. The third kappa shape index (κ3) is 5.88. The molecule has 0 aliphatic carbocycles. The average molecular weight is 274 g/mol. The zero-order valence-electron chi connectivity index (χ0n) is 11.6. The van der Waals surface area contributed by atoms with E-state index >= 15 is 0 Å². The molecule has 0 heterocycles. The quantitative estimate of drug-likeness (QED) is 0.801. The Bertz CT molecular complexity index is 601. The summed E-state index contributed by atoms with van der Waals surface area (Å²) in [6.07, 6.45) is -0.566. The number of amides is 1. The van der Waals surface area contributed by atoms with Crippen molar-refractivity contribution in [2.24, 2.45) is 0 Å². The number of halogens is 1. The third-order valence-electron chi connectivity index (χ3n) is 1.98. The van der Waals surface area contributed by atoms with Crippen molar-refractivity contribution in [2.45, 2.75) is 26.4 Å². The van der Waals surface area contributed by atoms with Gasteiger partial charge >= 0.3 is 6.09 Å². The Kier molecular flexibility index (Phi) is 5.11. The number of rotatable bonds is 1. The molecule has 0 radical (unpaired) electrons. The van der Waals surface area contributed by atoms with Crippen molar-refractivity contribution in [1.29, 1.82) is 5.26 Å². The van der Waals surface area contributed by atoms with E-state index in [1.165, 1.54) is 12.1 Å². The molecule has 0 bridgehead atoms. The van der Waals surface area contributed by atoms with Gasteiger partial charge in [0, 0.05) is 5.56 Å². The summed E-state index contributed by atoms with van der Waals surface area (Å²) in [6, 6.07) is 5.67. The van der Waals surface area contributed by atoms with Crippen molar-refractivity contribution in [3.63, 3.8) is 0 Å². The van der Waals surface area contributed by atoms with E-state index in [1.54, 1.807) is 20.8 Å². The van der Waals surface area contributed by atoms with E-state index in [2.05, 4.69) is 17.2 Å². The van der Waals surface area contributed by atoms with Gasteiger partial charge in [-0.1, -0.05) is 11.8 Å². The minimum absolute atomic E-state index is 0.0767. The van der Waals surface area contributed by atoms with Crippen LogP contribution >= 0.6 is 0 Å². The summed E-state index contributed by atoms with van der Waals surface area (Å²) in [7, 11) is 0. The molecule has 1 aromatic carbocycles. The van der Waals surface area contributed by atoms with E-state index in [-0.39, 0.29) is 12.1 Å². The molecule has 0 saturated heterocycles. The molecule has 1 amide bonds. The van der Waals surface area contributed by atoms with Crippen molar-refractivity contribution >= 4 is 6.09 Å².